The van der Waals surface area contributed by atoms with Crippen LogP contribution in [0.15, 0.2) is 36.4 Å². The van der Waals surface area contributed by atoms with Crippen molar-refractivity contribution in [3.63, 3.8) is 0 Å². The van der Waals surface area contributed by atoms with Crippen LogP contribution in [-0.2, 0) is 4.79 Å². The van der Waals surface area contributed by atoms with Crippen LogP contribution in [0, 0.1) is 11.2 Å². The van der Waals surface area contributed by atoms with Crippen molar-refractivity contribution in [1.29, 1.82) is 0 Å². The van der Waals surface area contributed by atoms with Gasteiger partial charge in [0.25, 0.3) is 0 Å². The van der Waals surface area contributed by atoms with Crippen LogP contribution in [0.5, 0.6) is 0 Å². The van der Waals surface area contributed by atoms with Gasteiger partial charge in [-0.15, -0.1) is 0 Å². The van der Waals surface area contributed by atoms with Crippen molar-refractivity contribution < 1.29 is 22.4 Å². The third kappa shape index (κ3) is 2.96. The highest BCUT2D eigenvalue weighted by Crippen LogP contribution is 2.41. The molecule has 1 N–H and O–H groups in total. The lowest BCUT2D eigenvalue weighted by atomic mass is 9.93. The zero-order valence-electron chi connectivity index (χ0n) is 13.1. The summed E-state index contributed by atoms with van der Waals surface area (Å²) in [5.41, 5.74) is 1.42. The Labute approximate surface area is 136 Å². The standard InChI is InChI=1S/C17H16F4N2O/c1-16(2)9-23(22-15(16)24)14(17(19,20)21)12-4-3-11-8-13(18)6-5-10(11)7-12/h3-8,14H,9H2,1-2H3,(H,22,24). The Morgan fingerprint density at radius 3 is 2.33 bits per heavy atom. The minimum absolute atomic E-state index is 0.000363. The van der Waals surface area contributed by atoms with E-state index in [0.29, 0.717) is 10.8 Å². The van der Waals surface area contributed by atoms with Crippen molar-refractivity contribution in [2.75, 3.05) is 6.54 Å². The number of rotatable bonds is 2. The van der Waals surface area contributed by atoms with Crippen LogP contribution in [-0.4, -0.2) is 23.6 Å². The highest BCUT2D eigenvalue weighted by Gasteiger charge is 2.51. The first kappa shape index (κ1) is 16.7. The van der Waals surface area contributed by atoms with Gasteiger partial charge in [-0.2, -0.15) is 13.2 Å². The van der Waals surface area contributed by atoms with Gasteiger partial charge in [-0.25, -0.2) is 9.40 Å². The van der Waals surface area contributed by atoms with Gasteiger partial charge in [0.15, 0.2) is 0 Å². The second kappa shape index (κ2) is 5.44. The molecule has 1 unspecified atom stereocenters. The molecule has 0 spiro atoms. The van der Waals surface area contributed by atoms with E-state index in [1.54, 1.807) is 13.8 Å². The van der Waals surface area contributed by atoms with Crippen LogP contribution in [0.3, 0.4) is 0 Å². The summed E-state index contributed by atoms with van der Waals surface area (Å²) in [6.07, 6.45) is -4.57. The largest absolute Gasteiger partial charge is 0.409 e. The van der Waals surface area contributed by atoms with Crippen molar-refractivity contribution in [3.8, 4) is 0 Å². The molecule has 0 saturated carbocycles. The zero-order chi connectivity index (χ0) is 17.7. The summed E-state index contributed by atoms with van der Waals surface area (Å²) in [5, 5.41) is 1.95. The molecule has 1 amide bonds. The van der Waals surface area contributed by atoms with Crippen LogP contribution in [0.25, 0.3) is 10.8 Å². The lowest BCUT2D eigenvalue weighted by molar-refractivity contribution is -0.191. The van der Waals surface area contributed by atoms with E-state index in [0.717, 1.165) is 5.01 Å². The normalized spacial score (nSPS) is 19.5. The van der Waals surface area contributed by atoms with E-state index in [2.05, 4.69) is 5.43 Å². The number of amides is 1. The van der Waals surface area contributed by atoms with Gasteiger partial charge in [0, 0.05) is 6.54 Å². The summed E-state index contributed by atoms with van der Waals surface area (Å²) >= 11 is 0. The fourth-order valence-corrected chi connectivity index (χ4v) is 2.93. The first-order chi connectivity index (χ1) is 11.1. The molecule has 0 aromatic heterocycles. The molecule has 1 saturated heterocycles. The molecule has 1 fully saturated rings. The molecular weight excluding hydrogens is 324 g/mol. The van der Waals surface area contributed by atoms with Gasteiger partial charge >= 0.3 is 6.18 Å². The quantitative estimate of drug-likeness (QED) is 0.840. The van der Waals surface area contributed by atoms with Gasteiger partial charge in [0.2, 0.25) is 5.91 Å². The first-order valence-electron chi connectivity index (χ1n) is 7.42. The lowest BCUT2D eigenvalue weighted by Crippen LogP contribution is -2.43. The van der Waals surface area contributed by atoms with Gasteiger partial charge in [0.05, 0.1) is 5.41 Å². The molecule has 2 aromatic rings. The molecule has 0 bridgehead atoms. The van der Waals surface area contributed by atoms with Crippen molar-refractivity contribution in [2.24, 2.45) is 5.41 Å². The van der Waals surface area contributed by atoms with E-state index in [-0.39, 0.29) is 12.1 Å². The molecule has 0 aliphatic carbocycles. The maximum atomic E-state index is 13.6. The average Bonchev–Trinajstić information content (AvgIpc) is 2.71. The third-order valence-electron chi connectivity index (χ3n) is 4.19. The summed E-state index contributed by atoms with van der Waals surface area (Å²) in [7, 11) is 0. The van der Waals surface area contributed by atoms with E-state index in [1.807, 2.05) is 0 Å². The SMILES string of the molecule is CC1(C)CN(C(c2ccc3cc(F)ccc3c2)C(F)(F)F)NC1=O. The number of nitrogens with one attached hydrogen (secondary N) is 1. The van der Waals surface area contributed by atoms with E-state index in [4.69, 9.17) is 0 Å². The van der Waals surface area contributed by atoms with Crippen LogP contribution in [0.1, 0.15) is 25.5 Å². The molecule has 128 valence electrons. The van der Waals surface area contributed by atoms with Crippen molar-refractivity contribution in [2.45, 2.75) is 26.1 Å². The van der Waals surface area contributed by atoms with Gasteiger partial charge in [-0.1, -0.05) is 18.2 Å². The highest BCUT2D eigenvalue weighted by atomic mass is 19.4. The van der Waals surface area contributed by atoms with Gasteiger partial charge in [-0.3, -0.25) is 10.2 Å². The van der Waals surface area contributed by atoms with Crippen LogP contribution >= 0.6 is 0 Å². The Morgan fingerprint density at radius 2 is 1.75 bits per heavy atom. The number of benzene rings is 2. The second-order valence-electron chi connectivity index (χ2n) is 6.65. The lowest BCUT2D eigenvalue weighted by Gasteiger charge is -2.30. The third-order valence-corrected chi connectivity index (χ3v) is 4.19. The molecule has 1 atom stereocenters. The first-order valence-corrected chi connectivity index (χ1v) is 7.42. The smallest absolute Gasteiger partial charge is 0.287 e. The maximum absolute atomic E-state index is 13.6. The number of nitrogens with zero attached hydrogens (tertiary/aromatic N) is 1. The Balaban J connectivity index is 2.04. The fraction of sp³-hybridized carbons (Fsp3) is 0.353. The Hall–Kier alpha value is -2.15. The summed E-state index contributed by atoms with van der Waals surface area (Å²) in [6.45, 7) is 3.13. The molecule has 1 aliphatic rings. The number of hydrazine groups is 1. The molecule has 7 heteroatoms. The summed E-state index contributed by atoms with van der Waals surface area (Å²) in [6, 6.07) is 6.10. The van der Waals surface area contributed by atoms with Crippen LogP contribution < -0.4 is 5.43 Å². The number of alkyl halides is 3. The molecule has 2 aromatic carbocycles. The minimum atomic E-state index is -4.57. The Morgan fingerprint density at radius 1 is 1.12 bits per heavy atom. The number of hydrogen-bond acceptors (Lipinski definition) is 2. The predicted octanol–water partition coefficient (Wildman–Crippen LogP) is 3.96. The zero-order valence-corrected chi connectivity index (χ0v) is 13.1. The van der Waals surface area contributed by atoms with Crippen LogP contribution in [0.2, 0.25) is 0 Å². The highest BCUT2D eigenvalue weighted by molar-refractivity contribution is 5.84. The summed E-state index contributed by atoms with van der Waals surface area (Å²) in [5.74, 6) is -0.893. The number of carbonyl (C=O) groups is 1. The van der Waals surface area contributed by atoms with E-state index in [9.17, 15) is 22.4 Å². The minimum Gasteiger partial charge on any atom is -0.287 e. The van der Waals surface area contributed by atoms with Crippen LogP contribution in [0.4, 0.5) is 17.6 Å². The van der Waals surface area contributed by atoms with Crippen molar-refractivity contribution in [3.05, 3.63) is 47.8 Å². The van der Waals surface area contributed by atoms with Crippen molar-refractivity contribution >= 4 is 16.7 Å². The van der Waals surface area contributed by atoms with E-state index >= 15 is 0 Å². The molecular formula is C17H16F4N2O. The number of halogens is 4. The number of hydrogen-bond donors (Lipinski definition) is 1. The molecule has 1 aliphatic heterocycles. The maximum Gasteiger partial charge on any atom is 0.409 e. The topological polar surface area (TPSA) is 32.3 Å². The second-order valence-corrected chi connectivity index (χ2v) is 6.65. The van der Waals surface area contributed by atoms with Gasteiger partial charge in [-0.05, 0) is 48.4 Å². The predicted molar refractivity (Wildman–Crippen MR) is 81.3 cm³/mol. The van der Waals surface area contributed by atoms with Gasteiger partial charge in [0.1, 0.15) is 11.9 Å². The monoisotopic (exact) mass is 340 g/mol. The number of carbonyl (C=O) groups excluding carboxylic acids is 1. The number of fused-ring (bicyclic) bond motifs is 1. The fourth-order valence-electron chi connectivity index (χ4n) is 2.93. The van der Waals surface area contributed by atoms with E-state index < -0.39 is 29.4 Å². The Kier molecular flexibility index (Phi) is 3.79. The molecule has 1 heterocycles. The Bertz CT molecular complexity index is 801. The summed E-state index contributed by atoms with van der Waals surface area (Å²) in [4.78, 5) is 11.9. The van der Waals surface area contributed by atoms with E-state index in [1.165, 1.54) is 36.4 Å². The molecule has 24 heavy (non-hydrogen) atoms. The van der Waals surface area contributed by atoms with Crippen molar-refractivity contribution in [1.82, 2.24) is 10.4 Å². The average molecular weight is 340 g/mol. The summed E-state index contributed by atoms with van der Waals surface area (Å²) < 4.78 is 54.2. The molecule has 3 rings (SSSR count). The molecule has 0 radical (unpaired) electrons. The molecule has 3 nitrogen and oxygen atoms in total. The van der Waals surface area contributed by atoms with Gasteiger partial charge < -0.3 is 0 Å².